The second kappa shape index (κ2) is 6.85. The van der Waals surface area contributed by atoms with Gasteiger partial charge in [-0.25, -0.2) is 8.42 Å². The summed E-state index contributed by atoms with van der Waals surface area (Å²) in [7, 11) is -3.87. The zero-order valence-corrected chi connectivity index (χ0v) is 12.7. The molecule has 0 fully saturated rings. The lowest BCUT2D eigenvalue weighted by Gasteiger charge is -2.18. The SMILES string of the molecule is CCCc1ccccc1S(=O)(=O)N[C](C(=O)O)C(C)C. The van der Waals surface area contributed by atoms with Crippen molar-refractivity contribution in [1.82, 2.24) is 4.72 Å². The number of benzene rings is 1. The van der Waals surface area contributed by atoms with Crippen molar-refractivity contribution in [3.05, 3.63) is 35.9 Å². The van der Waals surface area contributed by atoms with E-state index in [9.17, 15) is 13.2 Å². The van der Waals surface area contributed by atoms with E-state index in [0.29, 0.717) is 12.0 Å². The van der Waals surface area contributed by atoms with Gasteiger partial charge in [-0.05, 0) is 24.0 Å². The highest BCUT2D eigenvalue weighted by Crippen LogP contribution is 2.20. The van der Waals surface area contributed by atoms with Crippen molar-refractivity contribution in [1.29, 1.82) is 0 Å². The van der Waals surface area contributed by atoms with E-state index >= 15 is 0 Å². The molecular weight excluding hydrogens is 278 g/mol. The summed E-state index contributed by atoms with van der Waals surface area (Å²) < 4.78 is 26.9. The Morgan fingerprint density at radius 2 is 1.90 bits per heavy atom. The number of nitrogens with one attached hydrogen (secondary N) is 1. The Bertz CT molecular complexity index is 566. The monoisotopic (exact) mass is 298 g/mol. The average molecular weight is 298 g/mol. The van der Waals surface area contributed by atoms with Crippen LogP contribution in [0.5, 0.6) is 0 Å². The van der Waals surface area contributed by atoms with Crippen LogP contribution in [0.25, 0.3) is 0 Å². The van der Waals surface area contributed by atoms with Crippen LogP contribution in [-0.2, 0) is 21.2 Å². The molecule has 0 unspecified atom stereocenters. The summed E-state index contributed by atoms with van der Waals surface area (Å²) in [5.74, 6) is -1.67. The first kappa shape index (κ1) is 16.7. The number of rotatable bonds is 7. The number of sulfonamides is 1. The Labute approximate surface area is 120 Å². The van der Waals surface area contributed by atoms with Crippen LogP contribution in [0, 0.1) is 12.0 Å². The second-order valence-corrected chi connectivity index (χ2v) is 6.49. The molecule has 1 rings (SSSR count). The van der Waals surface area contributed by atoms with Gasteiger partial charge in [-0.3, -0.25) is 4.79 Å². The number of carboxylic acids is 1. The molecule has 0 aromatic heterocycles. The third-order valence-electron chi connectivity index (χ3n) is 2.83. The minimum Gasteiger partial charge on any atom is -0.480 e. The van der Waals surface area contributed by atoms with E-state index < -0.39 is 21.9 Å². The molecule has 0 atom stereocenters. The van der Waals surface area contributed by atoms with Gasteiger partial charge in [0.15, 0.2) is 6.04 Å². The summed E-state index contributed by atoms with van der Waals surface area (Å²) in [6.07, 6.45) is 1.44. The molecule has 2 N–H and O–H groups in total. The summed E-state index contributed by atoms with van der Waals surface area (Å²) in [5, 5.41) is 9.06. The van der Waals surface area contributed by atoms with Crippen LogP contribution in [-0.4, -0.2) is 19.5 Å². The Balaban J connectivity index is 3.14. The average Bonchev–Trinajstić information content (AvgIpc) is 2.36. The van der Waals surface area contributed by atoms with Crippen molar-refractivity contribution in [3.8, 4) is 0 Å². The fourth-order valence-corrected chi connectivity index (χ4v) is 3.35. The fraction of sp³-hybridized carbons (Fsp3) is 0.429. The third kappa shape index (κ3) is 4.05. The maximum absolute atomic E-state index is 12.4. The predicted molar refractivity (Wildman–Crippen MR) is 76.5 cm³/mol. The van der Waals surface area contributed by atoms with Crippen LogP contribution < -0.4 is 4.72 Å². The lowest BCUT2D eigenvalue weighted by atomic mass is 10.1. The quantitative estimate of drug-likeness (QED) is 0.808. The van der Waals surface area contributed by atoms with Gasteiger partial charge in [0.25, 0.3) is 0 Å². The molecule has 0 saturated carbocycles. The molecule has 0 saturated heterocycles. The van der Waals surface area contributed by atoms with Crippen LogP contribution in [0.4, 0.5) is 0 Å². The standard InChI is InChI=1S/C14H20NO4S/c1-4-7-11-8-5-6-9-12(11)20(18,19)15-13(10(2)3)14(16)17/h5-6,8-10,15H,4,7H2,1-3H3,(H,16,17). The van der Waals surface area contributed by atoms with E-state index in [0.717, 1.165) is 6.42 Å². The van der Waals surface area contributed by atoms with Gasteiger partial charge in [0.05, 0.1) is 4.90 Å². The summed E-state index contributed by atoms with van der Waals surface area (Å²) in [6.45, 7) is 5.22. The van der Waals surface area contributed by atoms with E-state index in [4.69, 9.17) is 5.11 Å². The molecule has 0 aliphatic rings. The van der Waals surface area contributed by atoms with Crippen LogP contribution >= 0.6 is 0 Å². The molecule has 0 amide bonds. The first-order chi connectivity index (χ1) is 9.29. The van der Waals surface area contributed by atoms with E-state index in [1.165, 1.54) is 6.07 Å². The first-order valence-corrected chi connectivity index (χ1v) is 7.98. The van der Waals surface area contributed by atoms with Gasteiger partial charge in [-0.15, -0.1) is 0 Å². The molecule has 111 valence electrons. The summed E-state index contributed by atoms with van der Waals surface area (Å²) in [6, 6.07) is 6.41. The van der Waals surface area contributed by atoms with Crippen molar-refractivity contribution in [2.45, 2.75) is 38.5 Å². The highest BCUT2D eigenvalue weighted by atomic mass is 32.2. The van der Waals surface area contributed by atoms with Crippen LogP contribution in [0.1, 0.15) is 32.8 Å². The maximum atomic E-state index is 12.4. The van der Waals surface area contributed by atoms with E-state index in [-0.39, 0.29) is 10.9 Å². The molecule has 1 aromatic carbocycles. The molecule has 0 spiro atoms. The Morgan fingerprint density at radius 3 is 2.40 bits per heavy atom. The zero-order chi connectivity index (χ0) is 15.3. The molecular formula is C14H20NO4S. The lowest BCUT2D eigenvalue weighted by molar-refractivity contribution is -0.136. The minimum atomic E-state index is -3.87. The fourth-order valence-electron chi connectivity index (χ4n) is 1.85. The molecule has 0 heterocycles. The molecule has 0 aliphatic carbocycles. The van der Waals surface area contributed by atoms with Gasteiger partial charge in [-0.1, -0.05) is 45.4 Å². The molecule has 0 aliphatic heterocycles. The Morgan fingerprint density at radius 1 is 1.30 bits per heavy atom. The van der Waals surface area contributed by atoms with Crippen molar-refractivity contribution in [2.24, 2.45) is 5.92 Å². The number of aryl methyl sites for hydroxylation is 1. The molecule has 0 bridgehead atoms. The first-order valence-electron chi connectivity index (χ1n) is 6.50. The van der Waals surface area contributed by atoms with E-state index in [1.807, 2.05) is 6.92 Å². The molecule has 5 nitrogen and oxygen atoms in total. The van der Waals surface area contributed by atoms with Crippen LogP contribution in [0.2, 0.25) is 0 Å². The smallest absolute Gasteiger partial charge is 0.327 e. The molecule has 6 heteroatoms. The summed E-state index contributed by atoms with van der Waals surface area (Å²) >= 11 is 0. The minimum absolute atomic E-state index is 0.140. The largest absolute Gasteiger partial charge is 0.480 e. The molecule has 1 aromatic rings. The highest BCUT2D eigenvalue weighted by Gasteiger charge is 2.30. The van der Waals surface area contributed by atoms with E-state index in [1.54, 1.807) is 32.0 Å². The Kier molecular flexibility index (Phi) is 5.71. The highest BCUT2D eigenvalue weighted by molar-refractivity contribution is 7.89. The molecule has 1 radical (unpaired) electrons. The van der Waals surface area contributed by atoms with Crippen molar-refractivity contribution < 1.29 is 18.3 Å². The van der Waals surface area contributed by atoms with Gasteiger partial charge in [0.2, 0.25) is 10.0 Å². The molecule has 20 heavy (non-hydrogen) atoms. The van der Waals surface area contributed by atoms with Crippen molar-refractivity contribution >= 4 is 16.0 Å². The Hall–Kier alpha value is -1.40. The zero-order valence-electron chi connectivity index (χ0n) is 11.9. The summed E-state index contributed by atoms with van der Waals surface area (Å²) in [5.41, 5.74) is 0.691. The van der Waals surface area contributed by atoms with Gasteiger partial charge < -0.3 is 5.11 Å². The normalized spacial score (nSPS) is 12.1. The maximum Gasteiger partial charge on any atom is 0.327 e. The van der Waals surface area contributed by atoms with Gasteiger partial charge >= 0.3 is 5.97 Å². The second-order valence-electron chi connectivity index (χ2n) is 4.84. The topological polar surface area (TPSA) is 83.5 Å². The van der Waals surface area contributed by atoms with Crippen LogP contribution in [0.3, 0.4) is 0 Å². The van der Waals surface area contributed by atoms with Crippen molar-refractivity contribution in [2.75, 3.05) is 0 Å². The number of hydrogen-bond acceptors (Lipinski definition) is 3. The van der Waals surface area contributed by atoms with Crippen molar-refractivity contribution in [3.63, 3.8) is 0 Å². The third-order valence-corrected chi connectivity index (χ3v) is 4.30. The number of carboxylic acid groups (broad SMARTS) is 1. The van der Waals surface area contributed by atoms with E-state index in [2.05, 4.69) is 4.72 Å². The number of hydrogen-bond donors (Lipinski definition) is 2. The van der Waals surface area contributed by atoms with Gasteiger partial charge in [0, 0.05) is 0 Å². The van der Waals surface area contributed by atoms with Crippen LogP contribution in [0.15, 0.2) is 29.2 Å². The number of carbonyl (C=O) groups is 1. The van der Waals surface area contributed by atoms with Gasteiger partial charge in [-0.2, -0.15) is 4.72 Å². The predicted octanol–water partition coefficient (Wildman–Crippen LogP) is 2.19. The summed E-state index contributed by atoms with van der Waals surface area (Å²) in [4.78, 5) is 11.2. The van der Waals surface area contributed by atoms with Gasteiger partial charge in [0.1, 0.15) is 0 Å². The number of aliphatic carboxylic acids is 1. The lowest BCUT2D eigenvalue weighted by Crippen LogP contribution is -2.37.